The number of phenols is 1. The third-order valence-corrected chi connectivity index (χ3v) is 5.91. The number of hydrogen-bond acceptors (Lipinski definition) is 5. The predicted molar refractivity (Wildman–Crippen MR) is 117 cm³/mol. The van der Waals surface area contributed by atoms with E-state index in [-0.39, 0.29) is 28.3 Å². The number of aryl methyl sites for hydroxylation is 2. The number of oxazole rings is 2. The summed E-state index contributed by atoms with van der Waals surface area (Å²) in [7, 11) is 0. The number of fused-ring (bicyclic) bond motifs is 2. The minimum atomic E-state index is -4.60. The van der Waals surface area contributed by atoms with Crippen LogP contribution in [0.2, 0.25) is 0 Å². The van der Waals surface area contributed by atoms with Gasteiger partial charge >= 0.3 is 6.18 Å². The molecule has 1 atom stereocenters. The largest absolute Gasteiger partial charge is 0.508 e. The zero-order chi connectivity index (χ0) is 23.5. The van der Waals surface area contributed by atoms with E-state index in [4.69, 9.17) is 8.83 Å². The summed E-state index contributed by atoms with van der Waals surface area (Å²) in [4.78, 5) is 8.58. The van der Waals surface area contributed by atoms with Gasteiger partial charge in [0, 0.05) is 12.5 Å². The molecule has 0 aliphatic heterocycles. The minimum Gasteiger partial charge on any atom is -0.508 e. The van der Waals surface area contributed by atoms with Gasteiger partial charge in [-0.3, -0.25) is 0 Å². The average molecular weight is 452 g/mol. The van der Waals surface area contributed by atoms with Crippen molar-refractivity contribution >= 4 is 22.2 Å². The molecule has 5 aromatic rings. The summed E-state index contributed by atoms with van der Waals surface area (Å²) >= 11 is 0. The van der Waals surface area contributed by atoms with Crippen LogP contribution < -0.4 is 0 Å². The van der Waals surface area contributed by atoms with Crippen LogP contribution in [0.15, 0.2) is 63.4 Å². The fraction of sp³-hybridized carbons (Fsp3) is 0.200. The van der Waals surface area contributed by atoms with E-state index in [1.165, 1.54) is 42.5 Å². The van der Waals surface area contributed by atoms with Gasteiger partial charge in [-0.2, -0.15) is 13.2 Å². The molecule has 5 nitrogen and oxygen atoms in total. The number of halogens is 3. The molecular formula is C25H19F3N2O3. The molecule has 0 aliphatic carbocycles. The maximum atomic E-state index is 14.5. The second-order valence-electron chi connectivity index (χ2n) is 8.30. The van der Waals surface area contributed by atoms with Crippen molar-refractivity contribution in [3.63, 3.8) is 0 Å². The number of phenolic OH excluding ortho intramolecular Hbond substituents is 1. The molecule has 1 unspecified atom stereocenters. The summed E-state index contributed by atoms with van der Waals surface area (Å²) in [6.07, 6.45) is -4.60. The molecular weight excluding hydrogens is 433 g/mol. The van der Waals surface area contributed by atoms with Crippen LogP contribution in [0.5, 0.6) is 5.75 Å². The van der Waals surface area contributed by atoms with Gasteiger partial charge < -0.3 is 13.9 Å². The molecule has 2 heterocycles. The normalized spacial score (nSPS) is 14.1. The first kappa shape index (κ1) is 21.1. The van der Waals surface area contributed by atoms with E-state index in [2.05, 4.69) is 9.97 Å². The second-order valence-corrected chi connectivity index (χ2v) is 8.30. The van der Waals surface area contributed by atoms with E-state index in [9.17, 15) is 18.3 Å². The first-order chi connectivity index (χ1) is 15.5. The molecule has 168 valence electrons. The maximum Gasteiger partial charge on any atom is 0.402 e. The van der Waals surface area contributed by atoms with E-state index < -0.39 is 11.6 Å². The van der Waals surface area contributed by atoms with Crippen molar-refractivity contribution in [3.8, 4) is 17.2 Å². The van der Waals surface area contributed by atoms with Crippen LogP contribution in [-0.4, -0.2) is 21.3 Å². The third kappa shape index (κ3) is 3.42. The van der Waals surface area contributed by atoms with Crippen LogP contribution in [0.4, 0.5) is 13.2 Å². The van der Waals surface area contributed by atoms with Crippen LogP contribution in [0.25, 0.3) is 33.7 Å². The van der Waals surface area contributed by atoms with Gasteiger partial charge in [0.2, 0.25) is 5.89 Å². The average Bonchev–Trinajstić information content (AvgIpc) is 3.32. The predicted octanol–water partition coefficient (Wildman–Crippen LogP) is 6.83. The quantitative estimate of drug-likeness (QED) is 0.325. The molecule has 0 saturated heterocycles. The van der Waals surface area contributed by atoms with Gasteiger partial charge in [-0.05, 0) is 73.0 Å². The first-order valence-corrected chi connectivity index (χ1v) is 10.2. The molecule has 5 rings (SSSR count). The molecule has 0 radical (unpaired) electrons. The lowest BCUT2D eigenvalue weighted by Gasteiger charge is -2.33. The highest BCUT2D eigenvalue weighted by Gasteiger charge is 2.53. The number of hydrogen-bond donors (Lipinski definition) is 1. The summed E-state index contributed by atoms with van der Waals surface area (Å²) in [5, 5.41) is 9.87. The molecule has 0 fully saturated rings. The first-order valence-electron chi connectivity index (χ1n) is 10.2. The van der Waals surface area contributed by atoms with Crippen LogP contribution >= 0.6 is 0 Å². The molecule has 0 saturated carbocycles. The van der Waals surface area contributed by atoms with Crippen molar-refractivity contribution in [2.75, 3.05) is 0 Å². The van der Waals surface area contributed by atoms with Crippen LogP contribution in [0.3, 0.4) is 0 Å². The van der Waals surface area contributed by atoms with E-state index in [0.717, 1.165) is 12.5 Å². The van der Waals surface area contributed by atoms with Crippen molar-refractivity contribution in [3.05, 3.63) is 77.2 Å². The van der Waals surface area contributed by atoms with Gasteiger partial charge in [0.1, 0.15) is 22.2 Å². The molecule has 1 N–H and O–H groups in total. The lowest BCUT2D eigenvalue weighted by atomic mass is 9.75. The fourth-order valence-corrected chi connectivity index (χ4v) is 4.10. The van der Waals surface area contributed by atoms with Crippen molar-refractivity contribution < 1.29 is 27.1 Å². The van der Waals surface area contributed by atoms with Crippen LogP contribution in [-0.2, 0) is 5.41 Å². The Bertz CT molecular complexity index is 1500. The van der Waals surface area contributed by atoms with E-state index >= 15 is 0 Å². The molecule has 33 heavy (non-hydrogen) atoms. The number of alkyl halides is 3. The van der Waals surface area contributed by atoms with Gasteiger partial charge in [-0.15, -0.1) is 0 Å². The molecule has 2 aromatic heterocycles. The second kappa shape index (κ2) is 7.10. The Kier molecular flexibility index (Phi) is 4.53. The molecule has 0 spiro atoms. The highest BCUT2D eigenvalue weighted by Crippen LogP contribution is 2.47. The zero-order valence-electron chi connectivity index (χ0n) is 18.0. The SMILES string of the molecule is Cc1cc(O)cc(-c2nc3cc(C(C)(c4ccc5oc(C)nc5c4)C(F)(F)F)ccc3o2)c1. The van der Waals surface area contributed by atoms with Crippen molar-refractivity contribution in [2.45, 2.75) is 32.4 Å². The van der Waals surface area contributed by atoms with Gasteiger partial charge in [0.25, 0.3) is 0 Å². The van der Waals surface area contributed by atoms with E-state index in [0.29, 0.717) is 28.1 Å². The minimum absolute atomic E-state index is 0.0222. The standard InChI is InChI=1S/C25H19F3N2O3/c1-13-8-15(10-18(31)9-13)23-30-20-12-17(5-7-22(20)33-23)24(3,25(26,27)28)16-4-6-21-19(11-16)29-14(2)32-21/h4-12,31H,1-3H3. The zero-order valence-corrected chi connectivity index (χ0v) is 18.0. The van der Waals surface area contributed by atoms with Crippen LogP contribution in [0, 0.1) is 13.8 Å². The summed E-state index contributed by atoms with van der Waals surface area (Å²) in [6, 6.07) is 13.5. The number of rotatable bonds is 3. The fourth-order valence-electron chi connectivity index (χ4n) is 4.10. The molecule has 3 aromatic carbocycles. The number of aromatic nitrogens is 2. The highest BCUT2D eigenvalue weighted by atomic mass is 19.4. The Balaban J connectivity index is 1.66. The number of aromatic hydroxyl groups is 1. The van der Waals surface area contributed by atoms with Gasteiger partial charge in [-0.1, -0.05) is 12.1 Å². The Labute approximate surface area is 186 Å². The summed E-state index contributed by atoms with van der Waals surface area (Å²) in [5.74, 6) is 0.653. The third-order valence-electron chi connectivity index (χ3n) is 5.91. The Morgan fingerprint density at radius 3 is 2.00 bits per heavy atom. The number of benzene rings is 3. The Morgan fingerprint density at radius 2 is 1.39 bits per heavy atom. The Morgan fingerprint density at radius 1 is 0.788 bits per heavy atom. The Hall–Kier alpha value is -3.81. The highest BCUT2D eigenvalue weighted by molar-refractivity contribution is 5.79. The van der Waals surface area contributed by atoms with Crippen LogP contribution in [0.1, 0.15) is 29.5 Å². The van der Waals surface area contributed by atoms with Gasteiger partial charge in [0.05, 0.1) is 0 Å². The monoisotopic (exact) mass is 452 g/mol. The molecule has 8 heteroatoms. The molecule has 0 bridgehead atoms. The lowest BCUT2D eigenvalue weighted by Crippen LogP contribution is -2.40. The van der Waals surface area contributed by atoms with Crippen molar-refractivity contribution in [1.82, 2.24) is 9.97 Å². The topological polar surface area (TPSA) is 72.3 Å². The van der Waals surface area contributed by atoms with Crippen molar-refractivity contribution in [2.24, 2.45) is 0 Å². The van der Waals surface area contributed by atoms with E-state index in [1.54, 1.807) is 19.1 Å². The lowest BCUT2D eigenvalue weighted by molar-refractivity contribution is -0.173. The summed E-state index contributed by atoms with van der Waals surface area (Å²) in [5.41, 5.74) is 0.522. The summed E-state index contributed by atoms with van der Waals surface area (Å²) < 4.78 is 54.7. The summed E-state index contributed by atoms with van der Waals surface area (Å²) in [6.45, 7) is 4.60. The number of nitrogens with zero attached hydrogens (tertiary/aromatic N) is 2. The maximum absolute atomic E-state index is 14.5. The van der Waals surface area contributed by atoms with Crippen molar-refractivity contribution in [1.29, 1.82) is 0 Å². The molecule has 0 aliphatic rings. The molecule has 0 amide bonds. The van der Waals surface area contributed by atoms with E-state index in [1.807, 2.05) is 6.92 Å². The smallest absolute Gasteiger partial charge is 0.402 e. The van der Waals surface area contributed by atoms with Gasteiger partial charge in [0.15, 0.2) is 17.1 Å². The van der Waals surface area contributed by atoms with Gasteiger partial charge in [-0.25, -0.2) is 9.97 Å².